The van der Waals surface area contributed by atoms with Crippen LogP contribution in [0.5, 0.6) is 5.75 Å². The fourth-order valence-electron chi connectivity index (χ4n) is 4.41. The van der Waals surface area contributed by atoms with Gasteiger partial charge in [-0.2, -0.15) is 0 Å². The number of aryl methyl sites for hydroxylation is 2. The number of hydrogen-bond donors (Lipinski definition) is 0. The van der Waals surface area contributed by atoms with E-state index in [1.54, 1.807) is 34.9 Å². The van der Waals surface area contributed by atoms with E-state index >= 15 is 0 Å². The van der Waals surface area contributed by atoms with Crippen LogP contribution in [0.4, 0.5) is 4.39 Å². The predicted octanol–water partition coefficient (Wildman–Crippen LogP) is 5.33. The summed E-state index contributed by atoms with van der Waals surface area (Å²) in [5.74, 6) is 0.230. The van der Waals surface area contributed by atoms with Gasteiger partial charge in [0.15, 0.2) is 0 Å². The molecule has 0 radical (unpaired) electrons. The van der Waals surface area contributed by atoms with E-state index in [2.05, 4.69) is 0 Å². The van der Waals surface area contributed by atoms with Crippen molar-refractivity contribution in [1.29, 1.82) is 0 Å². The lowest BCUT2D eigenvalue weighted by Crippen LogP contribution is -2.39. The molecule has 0 aliphatic heterocycles. The highest BCUT2D eigenvalue weighted by atomic mass is 35.5. The van der Waals surface area contributed by atoms with Gasteiger partial charge in [-0.1, -0.05) is 17.7 Å². The summed E-state index contributed by atoms with van der Waals surface area (Å²) in [6.07, 6.45) is 3.82. The number of rotatable bonds is 5. The minimum Gasteiger partial charge on any atom is -0.494 e. The van der Waals surface area contributed by atoms with Crippen LogP contribution in [0, 0.1) is 5.82 Å². The van der Waals surface area contributed by atoms with Gasteiger partial charge in [-0.15, -0.1) is 11.3 Å². The Balaban J connectivity index is 1.77. The van der Waals surface area contributed by atoms with Crippen LogP contribution in [0.1, 0.15) is 35.8 Å². The summed E-state index contributed by atoms with van der Waals surface area (Å²) in [5.41, 5.74) is 1.38. The standard InChI is InChI=1S/C25H22ClFN2O3S/c1-2-32-18-11-9-17(10-12-18)29-23(30)22-19-5-3-4-6-21(19)33-24(22)28(25(29)31)14-15-7-8-16(27)13-20(15)26/h7-13H,2-6,14H2,1H3. The quantitative estimate of drug-likeness (QED) is 0.384. The second kappa shape index (κ2) is 8.80. The molecule has 4 aromatic rings. The van der Waals surface area contributed by atoms with Gasteiger partial charge in [0.25, 0.3) is 5.56 Å². The molecule has 5 rings (SSSR count). The molecule has 0 atom stereocenters. The summed E-state index contributed by atoms with van der Waals surface area (Å²) in [5, 5.41) is 0.844. The lowest BCUT2D eigenvalue weighted by atomic mass is 9.97. The summed E-state index contributed by atoms with van der Waals surface area (Å²) in [6.45, 7) is 2.56. The van der Waals surface area contributed by atoms with Crippen LogP contribution in [0.2, 0.25) is 5.02 Å². The Hall–Kier alpha value is -2.90. The first-order valence-corrected chi connectivity index (χ1v) is 12.1. The monoisotopic (exact) mass is 484 g/mol. The molecule has 5 nitrogen and oxygen atoms in total. The van der Waals surface area contributed by atoms with Gasteiger partial charge in [-0.05, 0) is 80.1 Å². The van der Waals surface area contributed by atoms with Crippen LogP contribution in [0.25, 0.3) is 15.9 Å². The largest absolute Gasteiger partial charge is 0.494 e. The number of aromatic nitrogens is 2. The molecular formula is C25H22ClFN2O3S. The summed E-state index contributed by atoms with van der Waals surface area (Å²) < 4.78 is 21.9. The second-order valence-electron chi connectivity index (χ2n) is 8.06. The molecule has 0 N–H and O–H groups in total. The average Bonchev–Trinajstić information content (AvgIpc) is 3.19. The van der Waals surface area contributed by atoms with Crippen LogP contribution in [-0.2, 0) is 19.4 Å². The molecule has 170 valence electrons. The number of halogens is 2. The van der Waals surface area contributed by atoms with Gasteiger partial charge in [0.1, 0.15) is 16.4 Å². The molecule has 2 heterocycles. The van der Waals surface area contributed by atoms with Gasteiger partial charge in [-0.3, -0.25) is 9.36 Å². The summed E-state index contributed by atoms with van der Waals surface area (Å²) >= 11 is 7.79. The topological polar surface area (TPSA) is 53.2 Å². The number of ether oxygens (including phenoxy) is 1. The number of nitrogens with zero attached hydrogens (tertiary/aromatic N) is 2. The first kappa shape index (κ1) is 21.9. The lowest BCUT2D eigenvalue weighted by Gasteiger charge is -2.14. The Labute approximate surface area is 198 Å². The fourth-order valence-corrected chi connectivity index (χ4v) is 6.01. The zero-order valence-electron chi connectivity index (χ0n) is 18.1. The molecule has 0 saturated heterocycles. The van der Waals surface area contributed by atoms with Gasteiger partial charge >= 0.3 is 5.69 Å². The lowest BCUT2D eigenvalue weighted by molar-refractivity contribution is 0.340. The van der Waals surface area contributed by atoms with E-state index in [1.165, 1.54) is 28.0 Å². The maximum atomic E-state index is 13.7. The normalized spacial score (nSPS) is 13.3. The van der Waals surface area contributed by atoms with Crippen molar-refractivity contribution in [2.75, 3.05) is 6.61 Å². The third kappa shape index (κ3) is 3.89. The van der Waals surface area contributed by atoms with Gasteiger partial charge < -0.3 is 4.74 Å². The smallest absolute Gasteiger partial charge is 0.337 e. The molecule has 0 saturated carbocycles. The maximum absolute atomic E-state index is 13.7. The van der Waals surface area contributed by atoms with Crippen molar-refractivity contribution in [2.45, 2.75) is 39.2 Å². The van der Waals surface area contributed by atoms with E-state index < -0.39 is 11.5 Å². The molecule has 1 aliphatic rings. The zero-order valence-corrected chi connectivity index (χ0v) is 19.6. The highest BCUT2D eigenvalue weighted by Crippen LogP contribution is 2.35. The molecule has 0 fully saturated rings. The van der Waals surface area contributed by atoms with Crippen LogP contribution in [0.15, 0.2) is 52.1 Å². The number of thiophene rings is 1. The SMILES string of the molecule is CCOc1ccc(-n2c(=O)c3c4c(sc3n(Cc3ccc(F)cc3Cl)c2=O)CCCC4)cc1. The molecule has 8 heteroatoms. The second-order valence-corrected chi connectivity index (χ2v) is 9.55. The average molecular weight is 485 g/mol. The van der Waals surface area contributed by atoms with E-state index in [0.717, 1.165) is 36.1 Å². The van der Waals surface area contributed by atoms with Crippen molar-refractivity contribution < 1.29 is 9.13 Å². The van der Waals surface area contributed by atoms with E-state index in [4.69, 9.17) is 16.3 Å². The van der Waals surface area contributed by atoms with Crippen LogP contribution >= 0.6 is 22.9 Å². The Kier molecular flexibility index (Phi) is 5.85. The molecule has 0 unspecified atom stereocenters. The summed E-state index contributed by atoms with van der Waals surface area (Å²) in [6, 6.07) is 11.1. The highest BCUT2D eigenvalue weighted by molar-refractivity contribution is 7.18. The fraction of sp³-hybridized carbons (Fsp3) is 0.280. The molecule has 0 amide bonds. The van der Waals surface area contributed by atoms with E-state index in [0.29, 0.717) is 33.8 Å². The van der Waals surface area contributed by atoms with Gasteiger partial charge in [0, 0.05) is 9.90 Å². The van der Waals surface area contributed by atoms with Crippen molar-refractivity contribution in [3.63, 3.8) is 0 Å². The number of hydrogen-bond acceptors (Lipinski definition) is 4. The molecular weight excluding hydrogens is 463 g/mol. The van der Waals surface area contributed by atoms with Gasteiger partial charge in [-0.25, -0.2) is 13.8 Å². The molecule has 33 heavy (non-hydrogen) atoms. The molecule has 0 spiro atoms. The Morgan fingerprint density at radius 1 is 1.09 bits per heavy atom. The Morgan fingerprint density at radius 2 is 1.85 bits per heavy atom. The van der Waals surface area contributed by atoms with Crippen LogP contribution in [-0.4, -0.2) is 15.7 Å². The van der Waals surface area contributed by atoms with Crippen molar-refractivity contribution >= 4 is 33.2 Å². The van der Waals surface area contributed by atoms with Crippen molar-refractivity contribution in [3.8, 4) is 11.4 Å². The van der Waals surface area contributed by atoms with E-state index in [-0.39, 0.29) is 17.1 Å². The van der Waals surface area contributed by atoms with Crippen molar-refractivity contribution in [3.05, 3.63) is 90.1 Å². The Morgan fingerprint density at radius 3 is 2.58 bits per heavy atom. The van der Waals surface area contributed by atoms with Crippen LogP contribution in [0.3, 0.4) is 0 Å². The summed E-state index contributed by atoms with van der Waals surface area (Å²) in [4.78, 5) is 29.2. The minimum atomic E-state index is -0.448. The zero-order chi connectivity index (χ0) is 23.1. The van der Waals surface area contributed by atoms with Crippen molar-refractivity contribution in [2.24, 2.45) is 0 Å². The third-order valence-electron chi connectivity index (χ3n) is 5.99. The number of benzene rings is 2. The van der Waals surface area contributed by atoms with Crippen molar-refractivity contribution in [1.82, 2.24) is 9.13 Å². The van der Waals surface area contributed by atoms with Crippen LogP contribution < -0.4 is 16.0 Å². The Bertz CT molecular complexity index is 1470. The van der Waals surface area contributed by atoms with E-state index in [1.807, 2.05) is 6.92 Å². The molecule has 1 aliphatic carbocycles. The first-order chi connectivity index (χ1) is 16.0. The minimum absolute atomic E-state index is 0.144. The molecule has 0 bridgehead atoms. The van der Waals surface area contributed by atoms with E-state index in [9.17, 15) is 14.0 Å². The van der Waals surface area contributed by atoms with Gasteiger partial charge in [0.05, 0.1) is 24.2 Å². The molecule has 2 aromatic heterocycles. The summed E-state index contributed by atoms with van der Waals surface area (Å²) in [7, 11) is 0. The third-order valence-corrected chi connectivity index (χ3v) is 7.65. The number of fused-ring (bicyclic) bond motifs is 3. The highest BCUT2D eigenvalue weighted by Gasteiger charge is 2.24. The van der Waals surface area contributed by atoms with Gasteiger partial charge in [0.2, 0.25) is 0 Å². The predicted molar refractivity (Wildman–Crippen MR) is 130 cm³/mol. The first-order valence-electron chi connectivity index (χ1n) is 10.9. The molecule has 2 aromatic carbocycles. The maximum Gasteiger partial charge on any atom is 0.337 e.